The van der Waals surface area contributed by atoms with Crippen molar-refractivity contribution in [1.29, 1.82) is 0 Å². The Bertz CT molecular complexity index is 685. The Morgan fingerprint density at radius 2 is 1.52 bits per heavy atom. The molecule has 0 radical (unpaired) electrons. The van der Waals surface area contributed by atoms with Crippen LogP contribution in [0.5, 0.6) is 23.0 Å². The summed E-state index contributed by atoms with van der Waals surface area (Å²) in [4.78, 5) is 12.1. The van der Waals surface area contributed by atoms with E-state index in [4.69, 9.17) is 18.9 Å². The molecule has 25 heavy (non-hydrogen) atoms. The summed E-state index contributed by atoms with van der Waals surface area (Å²) in [6, 6.07) is 12.3. The molecule has 1 amide bonds. The summed E-state index contributed by atoms with van der Waals surface area (Å²) in [6.07, 6.45) is 0. The summed E-state index contributed by atoms with van der Waals surface area (Å²) in [7, 11) is 1.59. The van der Waals surface area contributed by atoms with E-state index in [1.165, 1.54) is 0 Å². The summed E-state index contributed by atoms with van der Waals surface area (Å²) in [5, 5.41) is 2.78. The summed E-state index contributed by atoms with van der Waals surface area (Å²) in [5.41, 5.74) is 0.621. The lowest BCUT2D eigenvalue weighted by atomic mass is 10.2. The second kappa shape index (κ2) is 9.42. The Morgan fingerprint density at radius 1 is 0.880 bits per heavy atom. The number of ether oxygens (including phenoxy) is 4. The van der Waals surface area contributed by atoms with Crippen molar-refractivity contribution in [3.63, 3.8) is 0 Å². The number of carbonyl (C=O) groups excluding carboxylic acids is 1. The molecule has 6 nitrogen and oxygen atoms in total. The number of nitrogens with one attached hydrogen (secondary N) is 1. The molecule has 0 aliphatic heterocycles. The van der Waals surface area contributed by atoms with Gasteiger partial charge in [-0.3, -0.25) is 4.79 Å². The van der Waals surface area contributed by atoms with Gasteiger partial charge in [-0.05, 0) is 50.2 Å². The Kier molecular flexibility index (Phi) is 6.95. The van der Waals surface area contributed by atoms with E-state index in [1.54, 1.807) is 49.6 Å². The van der Waals surface area contributed by atoms with Gasteiger partial charge in [0.05, 0.1) is 20.3 Å². The molecule has 134 valence electrons. The molecule has 2 rings (SSSR count). The van der Waals surface area contributed by atoms with Crippen molar-refractivity contribution in [2.24, 2.45) is 0 Å². The molecular weight excluding hydrogens is 322 g/mol. The van der Waals surface area contributed by atoms with E-state index in [-0.39, 0.29) is 12.5 Å². The molecule has 1 N–H and O–H groups in total. The maximum atomic E-state index is 12.1. The van der Waals surface area contributed by atoms with E-state index < -0.39 is 0 Å². The van der Waals surface area contributed by atoms with Crippen molar-refractivity contribution in [3.8, 4) is 23.0 Å². The van der Waals surface area contributed by atoms with E-state index in [1.807, 2.05) is 13.8 Å². The van der Waals surface area contributed by atoms with Crippen LogP contribution in [0.1, 0.15) is 13.8 Å². The van der Waals surface area contributed by atoms with Crippen LogP contribution in [0.25, 0.3) is 0 Å². The smallest absolute Gasteiger partial charge is 0.262 e. The molecule has 0 unspecified atom stereocenters. The van der Waals surface area contributed by atoms with Crippen LogP contribution in [0, 0.1) is 0 Å². The largest absolute Gasteiger partial charge is 0.497 e. The Hall–Kier alpha value is -2.89. The minimum atomic E-state index is -0.262. The molecule has 2 aromatic rings. The van der Waals surface area contributed by atoms with Crippen LogP contribution < -0.4 is 24.3 Å². The fraction of sp³-hybridized carbons (Fsp3) is 0.316. The summed E-state index contributed by atoms with van der Waals surface area (Å²) < 4.78 is 21.6. The number of benzene rings is 2. The van der Waals surface area contributed by atoms with Gasteiger partial charge in [-0.25, -0.2) is 0 Å². The normalized spacial score (nSPS) is 10.0. The van der Waals surface area contributed by atoms with Crippen LogP contribution in [0.15, 0.2) is 42.5 Å². The van der Waals surface area contributed by atoms with Crippen LogP contribution in [0.4, 0.5) is 5.69 Å². The minimum Gasteiger partial charge on any atom is -0.497 e. The maximum Gasteiger partial charge on any atom is 0.262 e. The average Bonchev–Trinajstić information content (AvgIpc) is 2.63. The van der Waals surface area contributed by atoms with Crippen LogP contribution in [0.3, 0.4) is 0 Å². The molecule has 0 aliphatic rings. The zero-order valence-electron chi connectivity index (χ0n) is 14.7. The van der Waals surface area contributed by atoms with Crippen molar-refractivity contribution in [2.75, 3.05) is 32.2 Å². The minimum absolute atomic E-state index is 0.0937. The van der Waals surface area contributed by atoms with Gasteiger partial charge in [0.15, 0.2) is 18.1 Å². The number of methoxy groups -OCH3 is 1. The first-order valence-corrected chi connectivity index (χ1v) is 8.12. The highest BCUT2D eigenvalue weighted by atomic mass is 16.5. The summed E-state index contributed by atoms with van der Waals surface area (Å²) in [5.74, 6) is 2.31. The third-order valence-corrected chi connectivity index (χ3v) is 3.26. The highest BCUT2D eigenvalue weighted by molar-refractivity contribution is 5.92. The number of anilines is 1. The number of hydrogen-bond acceptors (Lipinski definition) is 5. The first-order chi connectivity index (χ1) is 12.2. The van der Waals surface area contributed by atoms with Crippen LogP contribution >= 0.6 is 0 Å². The predicted molar refractivity (Wildman–Crippen MR) is 95.9 cm³/mol. The molecule has 0 fully saturated rings. The van der Waals surface area contributed by atoms with Crippen molar-refractivity contribution in [2.45, 2.75) is 13.8 Å². The lowest BCUT2D eigenvalue weighted by molar-refractivity contribution is -0.118. The topological polar surface area (TPSA) is 66.0 Å². The van der Waals surface area contributed by atoms with Gasteiger partial charge in [0.2, 0.25) is 0 Å². The van der Waals surface area contributed by atoms with E-state index >= 15 is 0 Å². The highest BCUT2D eigenvalue weighted by Gasteiger charge is 2.09. The van der Waals surface area contributed by atoms with Crippen LogP contribution in [-0.4, -0.2) is 32.8 Å². The van der Waals surface area contributed by atoms with Crippen molar-refractivity contribution >= 4 is 11.6 Å². The SMILES string of the molecule is CCOc1ccc(NC(=O)COc2ccc(OC)cc2)cc1OCC. The highest BCUT2D eigenvalue weighted by Crippen LogP contribution is 2.30. The quantitative estimate of drug-likeness (QED) is 0.753. The summed E-state index contributed by atoms with van der Waals surface area (Å²) in [6.45, 7) is 4.76. The van der Waals surface area contributed by atoms with Crippen LogP contribution in [-0.2, 0) is 4.79 Å². The average molecular weight is 345 g/mol. The van der Waals surface area contributed by atoms with E-state index in [9.17, 15) is 4.79 Å². The number of rotatable bonds is 9. The molecular formula is C19H23NO5. The molecule has 0 spiro atoms. The van der Waals surface area contributed by atoms with Crippen molar-refractivity contribution in [3.05, 3.63) is 42.5 Å². The molecule has 0 aliphatic carbocycles. The van der Waals surface area contributed by atoms with E-state index in [0.717, 1.165) is 5.75 Å². The molecule has 0 atom stereocenters. The molecule has 0 saturated heterocycles. The van der Waals surface area contributed by atoms with Crippen molar-refractivity contribution in [1.82, 2.24) is 0 Å². The lowest BCUT2D eigenvalue weighted by Gasteiger charge is -2.13. The first kappa shape index (κ1) is 18.4. The number of carbonyl (C=O) groups is 1. The third-order valence-electron chi connectivity index (χ3n) is 3.26. The zero-order chi connectivity index (χ0) is 18.1. The fourth-order valence-corrected chi connectivity index (χ4v) is 2.15. The predicted octanol–water partition coefficient (Wildman–Crippen LogP) is 3.51. The first-order valence-electron chi connectivity index (χ1n) is 8.12. The standard InChI is InChI=1S/C19H23NO5/c1-4-23-17-11-6-14(12-18(17)24-5-2)20-19(21)13-25-16-9-7-15(22-3)8-10-16/h6-12H,4-5,13H2,1-3H3,(H,20,21). The van der Waals surface area contributed by atoms with Crippen molar-refractivity contribution < 1.29 is 23.7 Å². The van der Waals surface area contributed by atoms with Gasteiger partial charge in [-0.2, -0.15) is 0 Å². The van der Waals surface area contributed by atoms with Gasteiger partial charge in [0.1, 0.15) is 11.5 Å². The molecule has 0 saturated carbocycles. The van der Waals surface area contributed by atoms with Gasteiger partial charge in [0.25, 0.3) is 5.91 Å². The lowest BCUT2D eigenvalue weighted by Crippen LogP contribution is -2.20. The number of hydrogen-bond donors (Lipinski definition) is 1. The van der Waals surface area contributed by atoms with Gasteiger partial charge in [0, 0.05) is 11.8 Å². The summed E-state index contributed by atoms with van der Waals surface area (Å²) >= 11 is 0. The van der Waals surface area contributed by atoms with Crippen LogP contribution in [0.2, 0.25) is 0 Å². The van der Waals surface area contributed by atoms with Gasteiger partial charge in [-0.15, -0.1) is 0 Å². The Morgan fingerprint density at radius 3 is 2.16 bits per heavy atom. The van der Waals surface area contributed by atoms with Gasteiger partial charge < -0.3 is 24.3 Å². The monoisotopic (exact) mass is 345 g/mol. The third kappa shape index (κ3) is 5.60. The van der Waals surface area contributed by atoms with E-state index in [0.29, 0.717) is 36.1 Å². The van der Waals surface area contributed by atoms with Gasteiger partial charge in [-0.1, -0.05) is 0 Å². The van der Waals surface area contributed by atoms with Gasteiger partial charge >= 0.3 is 0 Å². The Balaban J connectivity index is 1.93. The molecule has 2 aromatic carbocycles. The molecule has 6 heteroatoms. The zero-order valence-corrected chi connectivity index (χ0v) is 14.7. The second-order valence-electron chi connectivity index (χ2n) is 5.04. The molecule has 0 bridgehead atoms. The molecule has 0 aromatic heterocycles. The van der Waals surface area contributed by atoms with E-state index in [2.05, 4.69) is 5.32 Å². The fourth-order valence-electron chi connectivity index (χ4n) is 2.15. The number of amides is 1. The molecule has 0 heterocycles. The second-order valence-corrected chi connectivity index (χ2v) is 5.04. The Labute approximate surface area is 147 Å². The maximum absolute atomic E-state index is 12.1.